The van der Waals surface area contributed by atoms with E-state index in [0.717, 1.165) is 42.4 Å². The predicted molar refractivity (Wildman–Crippen MR) is 110 cm³/mol. The minimum atomic E-state index is 0.146. The standard InChI is InChI=1S/C23H34O4/c1-4-8-19(2)21-11-13-22(14-12-21)23(25)10-7-16-27-18-17-26-15-6-5-9-20(3)24/h11-14H,2,4-10,15-18H2,1,3H3. The van der Waals surface area contributed by atoms with Gasteiger partial charge in [-0.3, -0.25) is 4.79 Å². The second-order valence-corrected chi connectivity index (χ2v) is 6.84. The second kappa shape index (κ2) is 14.3. The molecule has 1 aromatic rings. The van der Waals surface area contributed by atoms with E-state index < -0.39 is 0 Å². The first-order chi connectivity index (χ1) is 13.0. The van der Waals surface area contributed by atoms with Gasteiger partial charge in [0.15, 0.2) is 5.78 Å². The van der Waals surface area contributed by atoms with E-state index in [1.807, 2.05) is 24.3 Å². The normalized spacial score (nSPS) is 10.7. The molecule has 0 N–H and O–H groups in total. The Labute approximate surface area is 163 Å². The maximum atomic E-state index is 12.2. The molecule has 0 aliphatic carbocycles. The van der Waals surface area contributed by atoms with Gasteiger partial charge in [-0.05, 0) is 43.7 Å². The summed E-state index contributed by atoms with van der Waals surface area (Å²) in [4.78, 5) is 23.0. The highest BCUT2D eigenvalue weighted by atomic mass is 16.5. The average Bonchev–Trinajstić information content (AvgIpc) is 2.66. The van der Waals surface area contributed by atoms with Gasteiger partial charge in [0, 0.05) is 31.6 Å². The minimum Gasteiger partial charge on any atom is -0.379 e. The molecule has 0 amide bonds. The number of hydrogen-bond acceptors (Lipinski definition) is 4. The summed E-state index contributed by atoms with van der Waals surface area (Å²) < 4.78 is 10.9. The predicted octanol–water partition coefficient (Wildman–Crippen LogP) is 5.26. The number of hydrogen-bond donors (Lipinski definition) is 0. The van der Waals surface area contributed by atoms with Crippen molar-refractivity contribution < 1.29 is 19.1 Å². The summed E-state index contributed by atoms with van der Waals surface area (Å²) in [5.41, 5.74) is 2.97. The lowest BCUT2D eigenvalue weighted by molar-refractivity contribution is -0.117. The Morgan fingerprint density at radius 2 is 1.41 bits per heavy atom. The van der Waals surface area contributed by atoms with E-state index in [9.17, 15) is 9.59 Å². The van der Waals surface area contributed by atoms with Crippen molar-refractivity contribution in [3.63, 3.8) is 0 Å². The number of carbonyl (C=O) groups is 2. The molecule has 4 nitrogen and oxygen atoms in total. The van der Waals surface area contributed by atoms with Crippen molar-refractivity contribution >= 4 is 17.1 Å². The molecule has 1 aromatic carbocycles. The molecule has 0 fully saturated rings. The third kappa shape index (κ3) is 10.8. The Hall–Kier alpha value is -1.78. The van der Waals surface area contributed by atoms with E-state index in [0.29, 0.717) is 45.7 Å². The molecule has 0 radical (unpaired) electrons. The molecule has 150 valence electrons. The summed E-state index contributed by atoms with van der Waals surface area (Å²) >= 11 is 0. The number of Topliss-reactive ketones (excluding diaryl/α,β-unsaturated/α-hetero) is 2. The lowest BCUT2D eigenvalue weighted by Crippen LogP contribution is -2.08. The van der Waals surface area contributed by atoms with Gasteiger partial charge in [0.25, 0.3) is 0 Å². The van der Waals surface area contributed by atoms with Crippen LogP contribution in [0.2, 0.25) is 0 Å². The van der Waals surface area contributed by atoms with E-state index in [4.69, 9.17) is 9.47 Å². The van der Waals surface area contributed by atoms with Gasteiger partial charge in [-0.2, -0.15) is 0 Å². The molecule has 0 saturated carbocycles. The molecule has 0 unspecified atom stereocenters. The van der Waals surface area contributed by atoms with Gasteiger partial charge in [-0.1, -0.05) is 44.2 Å². The fourth-order valence-corrected chi connectivity index (χ4v) is 2.72. The first kappa shape index (κ1) is 23.3. The number of rotatable bonds is 16. The van der Waals surface area contributed by atoms with Gasteiger partial charge < -0.3 is 14.3 Å². The fourth-order valence-electron chi connectivity index (χ4n) is 2.72. The Bertz CT molecular complexity index is 575. The van der Waals surface area contributed by atoms with Crippen LogP contribution in [0.15, 0.2) is 30.8 Å². The van der Waals surface area contributed by atoms with Crippen molar-refractivity contribution in [1.82, 2.24) is 0 Å². The third-order valence-electron chi connectivity index (χ3n) is 4.30. The Morgan fingerprint density at radius 1 is 0.815 bits per heavy atom. The second-order valence-electron chi connectivity index (χ2n) is 6.84. The van der Waals surface area contributed by atoms with Crippen LogP contribution in [0.5, 0.6) is 0 Å². The van der Waals surface area contributed by atoms with Gasteiger partial charge in [0.2, 0.25) is 0 Å². The van der Waals surface area contributed by atoms with Crippen LogP contribution in [0.25, 0.3) is 5.57 Å². The zero-order chi connectivity index (χ0) is 19.9. The number of carbonyl (C=O) groups excluding carboxylic acids is 2. The fraction of sp³-hybridized carbons (Fsp3) is 0.565. The summed E-state index contributed by atoms with van der Waals surface area (Å²) in [5.74, 6) is 0.374. The minimum absolute atomic E-state index is 0.146. The molecular weight excluding hydrogens is 340 g/mol. The average molecular weight is 375 g/mol. The molecule has 0 aromatic heterocycles. The first-order valence-corrected chi connectivity index (χ1v) is 10.0. The van der Waals surface area contributed by atoms with Gasteiger partial charge in [0.1, 0.15) is 5.78 Å². The smallest absolute Gasteiger partial charge is 0.162 e. The number of ether oxygens (including phenoxy) is 2. The van der Waals surface area contributed by atoms with Crippen LogP contribution in [-0.2, 0) is 14.3 Å². The maximum Gasteiger partial charge on any atom is 0.162 e. The molecule has 27 heavy (non-hydrogen) atoms. The van der Waals surface area contributed by atoms with Crippen LogP contribution in [0.4, 0.5) is 0 Å². The third-order valence-corrected chi connectivity index (χ3v) is 4.30. The van der Waals surface area contributed by atoms with E-state index in [1.165, 1.54) is 0 Å². The Kier molecular flexibility index (Phi) is 12.3. The first-order valence-electron chi connectivity index (χ1n) is 10.0. The number of unbranched alkanes of at least 4 members (excludes halogenated alkanes) is 1. The van der Waals surface area contributed by atoms with E-state index in [2.05, 4.69) is 13.5 Å². The molecule has 0 spiro atoms. The number of ketones is 2. The molecule has 4 heteroatoms. The zero-order valence-corrected chi connectivity index (χ0v) is 16.9. The summed E-state index contributed by atoms with van der Waals surface area (Å²) in [6.45, 7) is 10.1. The van der Waals surface area contributed by atoms with Crippen LogP contribution in [0.1, 0.15) is 74.7 Å². The van der Waals surface area contributed by atoms with Crippen molar-refractivity contribution in [3.05, 3.63) is 42.0 Å². The molecule has 0 aliphatic rings. The lowest BCUT2D eigenvalue weighted by atomic mass is 9.99. The van der Waals surface area contributed by atoms with E-state index in [-0.39, 0.29) is 11.6 Å². The topological polar surface area (TPSA) is 52.6 Å². The van der Waals surface area contributed by atoms with Crippen molar-refractivity contribution in [3.8, 4) is 0 Å². The van der Waals surface area contributed by atoms with Gasteiger partial charge in [0.05, 0.1) is 13.2 Å². The van der Waals surface area contributed by atoms with Crippen LogP contribution in [-0.4, -0.2) is 38.0 Å². The van der Waals surface area contributed by atoms with Crippen molar-refractivity contribution in [1.29, 1.82) is 0 Å². The van der Waals surface area contributed by atoms with Crippen LogP contribution < -0.4 is 0 Å². The highest BCUT2D eigenvalue weighted by molar-refractivity contribution is 5.96. The van der Waals surface area contributed by atoms with Crippen molar-refractivity contribution in [2.75, 3.05) is 26.4 Å². The van der Waals surface area contributed by atoms with Crippen molar-refractivity contribution in [2.45, 2.75) is 58.8 Å². The molecule has 1 rings (SSSR count). The molecular formula is C23H34O4. The Morgan fingerprint density at radius 3 is 2.00 bits per heavy atom. The molecule has 0 atom stereocenters. The largest absolute Gasteiger partial charge is 0.379 e. The monoisotopic (exact) mass is 374 g/mol. The summed E-state index contributed by atoms with van der Waals surface area (Å²) in [5, 5.41) is 0. The maximum absolute atomic E-state index is 12.2. The lowest BCUT2D eigenvalue weighted by Gasteiger charge is -2.07. The number of benzene rings is 1. The van der Waals surface area contributed by atoms with Crippen molar-refractivity contribution in [2.24, 2.45) is 0 Å². The van der Waals surface area contributed by atoms with Crippen LogP contribution in [0.3, 0.4) is 0 Å². The molecule has 0 saturated heterocycles. The van der Waals surface area contributed by atoms with Gasteiger partial charge in [-0.25, -0.2) is 0 Å². The Balaban J connectivity index is 2.07. The van der Waals surface area contributed by atoms with Gasteiger partial charge >= 0.3 is 0 Å². The highest BCUT2D eigenvalue weighted by Gasteiger charge is 2.06. The summed E-state index contributed by atoms with van der Waals surface area (Å²) in [7, 11) is 0. The van der Waals surface area contributed by atoms with Gasteiger partial charge in [-0.15, -0.1) is 0 Å². The SMILES string of the molecule is C=C(CCC)c1ccc(C(=O)CCCOCCOCCCCC(C)=O)cc1. The summed E-state index contributed by atoms with van der Waals surface area (Å²) in [6, 6.07) is 7.74. The van der Waals surface area contributed by atoms with E-state index in [1.54, 1.807) is 6.92 Å². The number of allylic oxidation sites excluding steroid dienone is 1. The zero-order valence-electron chi connectivity index (χ0n) is 16.9. The molecule has 0 bridgehead atoms. The molecule has 0 heterocycles. The quantitative estimate of drug-likeness (QED) is 0.293. The van der Waals surface area contributed by atoms with E-state index >= 15 is 0 Å². The highest BCUT2D eigenvalue weighted by Crippen LogP contribution is 2.18. The molecule has 0 aliphatic heterocycles. The summed E-state index contributed by atoms with van der Waals surface area (Å²) in [6.07, 6.45) is 5.66. The van der Waals surface area contributed by atoms with Crippen LogP contribution >= 0.6 is 0 Å². The van der Waals surface area contributed by atoms with Crippen LogP contribution in [0, 0.1) is 0 Å².